The number of benzene rings is 2. The Labute approximate surface area is 203 Å². The molecule has 1 fully saturated rings. The van der Waals surface area contributed by atoms with Crippen LogP contribution in [0.3, 0.4) is 0 Å². The van der Waals surface area contributed by atoms with Crippen LogP contribution in [-0.4, -0.2) is 41.7 Å². The van der Waals surface area contributed by atoms with Gasteiger partial charge in [0.1, 0.15) is 5.57 Å². The van der Waals surface area contributed by atoms with Crippen molar-refractivity contribution in [2.24, 2.45) is 0 Å². The summed E-state index contributed by atoms with van der Waals surface area (Å²) >= 11 is 7.23. The smallest absolute Gasteiger partial charge is 0.341 e. The van der Waals surface area contributed by atoms with Gasteiger partial charge in [0.2, 0.25) is 0 Å². The van der Waals surface area contributed by atoms with Gasteiger partial charge in [0, 0.05) is 0 Å². The number of halogens is 1. The second kappa shape index (κ2) is 9.65. The van der Waals surface area contributed by atoms with Crippen molar-refractivity contribution in [1.82, 2.24) is 5.32 Å². The minimum atomic E-state index is -1.12. The van der Waals surface area contributed by atoms with Crippen LogP contribution in [0.25, 0.3) is 6.08 Å². The van der Waals surface area contributed by atoms with Crippen molar-refractivity contribution in [3.8, 4) is 11.5 Å². The lowest BCUT2D eigenvalue weighted by Crippen LogP contribution is -2.54. The van der Waals surface area contributed by atoms with Gasteiger partial charge in [-0.25, -0.2) is 4.79 Å². The highest BCUT2D eigenvalue weighted by atomic mass is 127. The van der Waals surface area contributed by atoms with E-state index in [1.54, 1.807) is 18.2 Å². The molecule has 0 saturated carbocycles. The summed E-state index contributed by atoms with van der Waals surface area (Å²) in [7, 11) is 1.41. The third kappa shape index (κ3) is 4.91. The second-order valence-corrected chi connectivity index (χ2v) is 8.51. The number of aliphatic carboxylic acids is 1. The number of rotatable bonds is 6. The molecule has 8 nitrogen and oxygen atoms in total. The fourth-order valence-corrected chi connectivity index (χ4v) is 4.25. The number of amides is 2. The van der Waals surface area contributed by atoms with E-state index in [2.05, 4.69) is 5.32 Å². The maximum atomic E-state index is 13.3. The molecule has 2 aromatic carbocycles. The normalized spacial score (nSPS) is 15.1. The Morgan fingerprint density at radius 2 is 1.97 bits per heavy atom. The Morgan fingerprint density at radius 1 is 1.25 bits per heavy atom. The number of carboxylic acid groups (broad SMARTS) is 1. The number of carbonyl (C=O) groups excluding carboxylic acids is 2. The number of hydrogen-bond donors (Lipinski definition) is 2. The Balaban J connectivity index is 2.02. The predicted molar refractivity (Wildman–Crippen MR) is 131 cm³/mol. The van der Waals surface area contributed by atoms with Crippen LogP contribution >= 0.6 is 34.8 Å². The van der Waals surface area contributed by atoms with E-state index in [4.69, 9.17) is 26.8 Å². The van der Waals surface area contributed by atoms with E-state index in [0.29, 0.717) is 14.8 Å². The molecule has 10 heteroatoms. The zero-order valence-electron chi connectivity index (χ0n) is 17.4. The van der Waals surface area contributed by atoms with E-state index in [0.717, 1.165) is 11.1 Å². The van der Waals surface area contributed by atoms with Gasteiger partial charge in [-0.3, -0.25) is 19.8 Å². The largest absolute Gasteiger partial charge is 0.493 e. The molecule has 1 aliphatic rings. The van der Waals surface area contributed by atoms with Crippen molar-refractivity contribution < 1.29 is 29.0 Å². The minimum absolute atomic E-state index is 0.00804. The summed E-state index contributed by atoms with van der Waals surface area (Å²) in [5.74, 6) is -1.75. The van der Waals surface area contributed by atoms with E-state index >= 15 is 0 Å². The van der Waals surface area contributed by atoms with Gasteiger partial charge < -0.3 is 14.6 Å². The van der Waals surface area contributed by atoms with E-state index < -0.39 is 24.4 Å². The summed E-state index contributed by atoms with van der Waals surface area (Å²) in [5.41, 5.74) is 2.86. The first-order valence-corrected chi connectivity index (χ1v) is 10.8. The highest BCUT2D eigenvalue weighted by molar-refractivity contribution is 14.1. The standard InChI is InChI=1S/C22H19IN2O6S/c1-11-4-5-16(12(2)6-11)25-21(29)14(20(28)24-22(25)32)7-13-8-15(23)19(17(9-13)30-3)31-10-18(26)27/h4-9H,10H2,1-3H3,(H,26,27)(H,24,28,32)/b14-7+. The van der Waals surface area contributed by atoms with Gasteiger partial charge in [-0.15, -0.1) is 0 Å². The summed E-state index contributed by atoms with van der Waals surface area (Å²) in [6.45, 7) is 3.27. The number of ether oxygens (including phenoxy) is 2. The lowest BCUT2D eigenvalue weighted by Gasteiger charge is -2.30. The molecule has 2 amide bonds. The van der Waals surface area contributed by atoms with Crippen LogP contribution in [0.5, 0.6) is 11.5 Å². The van der Waals surface area contributed by atoms with Gasteiger partial charge >= 0.3 is 5.97 Å². The molecule has 1 aliphatic heterocycles. The molecule has 0 unspecified atom stereocenters. The Morgan fingerprint density at radius 3 is 2.59 bits per heavy atom. The summed E-state index contributed by atoms with van der Waals surface area (Å²) in [6, 6.07) is 8.78. The number of anilines is 1. The molecule has 2 N–H and O–H groups in total. The first-order chi connectivity index (χ1) is 15.1. The molecule has 0 aromatic heterocycles. The van der Waals surface area contributed by atoms with E-state index in [1.165, 1.54) is 18.1 Å². The highest BCUT2D eigenvalue weighted by Gasteiger charge is 2.35. The molecular weight excluding hydrogens is 547 g/mol. The molecule has 0 spiro atoms. The van der Waals surface area contributed by atoms with E-state index in [-0.39, 0.29) is 22.2 Å². The number of methoxy groups -OCH3 is 1. The second-order valence-electron chi connectivity index (χ2n) is 6.96. The van der Waals surface area contributed by atoms with Gasteiger partial charge in [0.15, 0.2) is 23.2 Å². The third-order valence-corrected chi connectivity index (χ3v) is 5.68. The zero-order valence-corrected chi connectivity index (χ0v) is 20.4. The number of carboxylic acids is 1. The number of thiocarbonyl (C=S) groups is 1. The van der Waals surface area contributed by atoms with Crippen LogP contribution in [0, 0.1) is 17.4 Å². The lowest BCUT2D eigenvalue weighted by molar-refractivity contribution is -0.139. The Bertz CT molecular complexity index is 1180. The van der Waals surface area contributed by atoms with Gasteiger partial charge in [0.25, 0.3) is 11.8 Å². The van der Waals surface area contributed by atoms with Crippen molar-refractivity contribution in [3.05, 3.63) is 56.2 Å². The van der Waals surface area contributed by atoms with Crippen LogP contribution in [0.2, 0.25) is 0 Å². The number of aryl methyl sites for hydroxylation is 2. The molecule has 0 aliphatic carbocycles. The van der Waals surface area contributed by atoms with Crippen LogP contribution in [0.15, 0.2) is 35.9 Å². The fourth-order valence-electron chi connectivity index (χ4n) is 3.20. The lowest BCUT2D eigenvalue weighted by atomic mass is 10.0. The zero-order chi connectivity index (χ0) is 23.6. The van der Waals surface area contributed by atoms with Gasteiger partial charge in [-0.05, 0) is 84.1 Å². The molecule has 2 aromatic rings. The topological polar surface area (TPSA) is 105 Å². The number of carbonyl (C=O) groups is 3. The fraction of sp³-hybridized carbons (Fsp3) is 0.182. The van der Waals surface area contributed by atoms with Crippen LogP contribution in [0.1, 0.15) is 16.7 Å². The van der Waals surface area contributed by atoms with Gasteiger partial charge in [-0.1, -0.05) is 17.7 Å². The molecular formula is C22H19IN2O6S. The molecule has 1 saturated heterocycles. The van der Waals surface area contributed by atoms with Crippen molar-refractivity contribution in [2.45, 2.75) is 13.8 Å². The molecule has 0 bridgehead atoms. The third-order valence-electron chi connectivity index (χ3n) is 4.60. The minimum Gasteiger partial charge on any atom is -0.493 e. The van der Waals surface area contributed by atoms with Crippen LogP contribution in [0.4, 0.5) is 5.69 Å². The van der Waals surface area contributed by atoms with Gasteiger partial charge in [-0.2, -0.15) is 0 Å². The highest BCUT2D eigenvalue weighted by Crippen LogP contribution is 2.35. The number of hydrogen-bond acceptors (Lipinski definition) is 6. The maximum Gasteiger partial charge on any atom is 0.341 e. The maximum absolute atomic E-state index is 13.3. The quantitative estimate of drug-likeness (QED) is 0.240. The van der Waals surface area contributed by atoms with E-state index in [1.807, 2.05) is 48.6 Å². The van der Waals surface area contributed by atoms with E-state index in [9.17, 15) is 14.4 Å². The molecule has 32 heavy (non-hydrogen) atoms. The van der Waals surface area contributed by atoms with Crippen LogP contribution in [-0.2, 0) is 14.4 Å². The van der Waals surface area contributed by atoms with Crippen molar-refractivity contribution in [1.29, 1.82) is 0 Å². The first-order valence-electron chi connectivity index (χ1n) is 9.33. The van der Waals surface area contributed by atoms with Crippen molar-refractivity contribution in [2.75, 3.05) is 18.6 Å². The number of nitrogens with one attached hydrogen (secondary N) is 1. The first kappa shape index (κ1) is 23.7. The Hall–Kier alpha value is -2.99. The SMILES string of the molecule is COc1cc(/C=C2\C(=O)NC(=S)N(c3ccc(C)cc3C)C2=O)cc(I)c1OCC(=O)O. The summed E-state index contributed by atoms with van der Waals surface area (Å²) in [6.07, 6.45) is 1.43. The van der Waals surface area contributed by atoms with Crippen molar-refractivity contribution >= 4 is 69.5 Å². The predicted octanol–water partition coefficient (Wildman–Crippen LogP) is 3.21. The molecule has 3 rings (SSSR count). The monoisotopic (exact) mass is 566 g/mol. The van der Waals surface area contributed by atoms with Crippen molar-refractivity contribution in [3.63, 3.8) is 0 Å². The van der Waals surface area contributed by atoms with Crippen LogP contribution < -0.4 is 19.7 Å². The molecule has 0 atom stereocenters. The Kier molecular flexibility index (Phi) is 7.14. The molecule has 166 valence electrons. The average Bonchev–Trinajstić information content (AvgIpc) is 2.71. The molecule has 1 heterocycles. The average molecular weight is 566 g/mol. The summed E-state index contributed by atoms with van der Waals surface area (Å²) in [4.78, 5) is 38.0. The van der Waals surface area contributed by atoms with Gasteiger partial charge in [0.05, 0.1) is 16.4 Å². The summed E-state index contributed by atoms with van der Waals surface area (Å²) < 4.78 is 11.2. The molecule has 0 radical (unpaired) electrons. The number of nitrogens with zero attached hydrogens (tertiary/aromatic N) is 1. The summed E-state index contributed by atoms with van der Waals surface area (Å²) in [5, 5.41) is 11.4.